The van der Waals surface area contributed by atoms with E-state index in [2.05, 4.69) is 20.6 Å². The number of aliphatic hydroxyl groups is 1. The fourth-order valence-electron chi connectivity index (χ4n) is 3.26. The first-order valence-electron chi connectivity index (χ1n) is 9.27. The standard InChI is InChI=1S/C21H23ClN4O4.ClH/c1-12(28)26-17-9-15-19(14(6-7-27)20(17)30-3)24-11-25-21(15)23-10-13-4-5-18(29-2)16(22)8-13;/h4-5,8-9,11,27H,6-7,10H2,1-3H3,(H,26,28)(H,23,24,25);1H. The molecule has 0 atom stereocenters. The molecule has 0 aliphatic carbocycles. The average Bonchev–Trinajstić information content (AvgIpc) is 2.72. The van der Waals surface area contributed by atoms with Crippen molar-refractivity contribution in [3.8, 4) is 11.5 Å². The summed E-state index contributed by atoms with van der Waals surface area (Å²) in [4.78, 5) is 20.4. The minimum atomic E-state index is -0.234. The highest BCUT2D eigenvalue weighted by molar-refractivity contribution is 6.32. The Kier molecular flexibility index (Phi) is 8.67. The van der Waals surface area contributed by atoms with Crippen molar-refractivity contribution in [2.24, 2.45) is 0 Å². The van der Waals surface area contributed by atoms with Gasteiger partial charge in [0, 0.05) is 37.4 Å². The van der Waals surface area contributed by atoms with Gasteiger partial charge < -0.3 is 25.2 Å². The van der Waals surface area contributed by atoms with E-state index in [4.69, 9.17) is 21.1 Å². The first-order valence-corrected chi connectivity index (χ1v) is 9.65. The van der Waals surface area contributed by atoms with E-state index in [1.165, 1.54) is 20.4 Å². The minimum absolute atomic E-state index is 0. The van der Waals surface area contributed by atoms with Crippen LogP contribution in [0.1, 0.15) is 18.1 Å². The molecule has 0 saturated heterocycles. The number of halogens is 2. The van der Waals surface area contributed by atoms with Crippen LogP contribution in [-0.4, -0.2) is 41.8 Å². The van der Waals surface area contributed by atoms with E-state index in [1.807, 2.05) is 12.1 Å². The highest BCUT2D eigenvalue weighted by Gasteiger charge is 2.18. The average molecular weight is 467 g/mol. The third kappa shape index (κ3) is 5.46. The number of amides is 1. The summed E-state index contributed by atoms with van der Waals surface area (Å²) in [6.45, 7) is 1.79. The zero-order valence-electron chi connectivity index (χ0n) is 17.4. The molecule has 3 aromatic rings. The summed E-state index contributed by atoms with van der Waals surface area (Å²) in [5.41, 5.74) is 2.77. The number of anilines is 2. The van der Waals surface area contributed by atoms with E-state index in [0.29, 0.717) is 57.5 Å². The number of hydrogen-bond acceptors (Lipinski definition) is 7. The molecule has 8 nitrogen and oxygen atoms in total. The van der Waals surface area contributed by atoms with Gasteiger partial charge >= 0.3 is 0 Å². The van der Waals surface area contributed by atoms with Gasteiger partial charge in [-0.05, 0) is 23.8 Å². The summed E-state index contributed by atoms with van der Waals surface area (Å²) in [6, 6.07) is 7.29. The number of methoxy groups -OCH3 is 2. The molecule has 0 saturated carbocycles. The summed E-state index contributed by atoms with van der Waals surface area (Å²) in [7, 11) is 3.08. The molecule has 3 rings (SSSR count). The van der Waals surface area contributed by atoms with E-state index in [-0.39, 0.29) is 24.9 Å². The number of fused-ring (bicyclic) bond motifs is 1. The molecule has 1 amide bonds. The number of aliphatic hydroxyl groups excluding tert-OH is 1. The number of carbonyl (C=O) groups is 1. The van der Waals surface area contributed by atoms with Crippen LogP contribution in [0.5, 0.6) is 11.5 Å². The van der Waals surface area contributed by atoms with Gasteiger partial charge in [-0.3, -0.25) is 4.79 Å². The van der Waals surface area contributed by atoms with E-state index in [0.717, 1.165) is 5.56 Å². The molecule has 0 unspecified atom stereocenters. The maximum absolute atomic E-state index is 11.7. The van der Waals surface area contributed by atoms with E-state index in [9.17, 15) is 9.90 Å². The van der Waals surface area contributed by atoms with Crippen LogP contribution in [0.3, 0.4) is 0 Å². The zero-order chi connectivity index (χ0) is 21.7. The Balaban J connectivity index is 0.00000341. The predicted octanol–water partition coefficient (Wildman–Crippen LogP) is 3.83. The normalized spacial score (nSPS) is 10.4. The van der Waals surface area contributed by atoms with Crippen molar-refractivity contribution >= 4 is 52.3 Å². The van der Waals surface area contributed by atoms with Crippen LogP contribution in [0.2, 0.25) is 5.02 Å². The second-order valence-electron chi connectivity index (χ2n) is 6.53. The van der Waals surface area contributed by atoms with Crippen LogP contribution < -0.4 is 20.1 Å². The molecular formula is C21H24Cl2N4O4. The zero-order valence-corrected chi connectivity index (χ0v) is 18.9. The van der Waals surface area contributed by atoms with Crippen LogP contribution in [-0.2, 0) is 17.8 Å². The molecule has 1 aromatic heterocycles. The molecule has 0 spiro atoms. The number of nitrogens with one attached hydrogen (secondary N) is 2. The quantitative estimate of drug-likeness (QED) is 0.463. The van der Waals surface area contributed by atoms with Gasteiger partial charge in [0.2, 0.25) is 5.91 Å². The number of hydrogen-bond donors (Lipinski definition) is 3. The number of carbonyl (C=O) groups excluding carboxylic acids is 1. The molecule has 3 N–H and O–H groups in total. The van der Waals surface area contributed by atoms with Gasteiger partial charge in [-0.1, -0.05) is 17.7 Å². The Morgan fingerprint density at radius 2 is 1.97 bits per heavy atom. The number of benzene rings is 2. The fourth-order valence-corrected chi connectivity index (χ4v) is 3.54. The lowest BCUT2D eigenvalue weighted by molar-refractivity contribution is -0.114. The summed E-state index contributed by atoms with van der Waals surface area (Å²) in [5, 5.41) is 16.8. The van der Waals surface area contributed by atoms with Gasteiger partial charge in [-0.25, -0.2) is 9.97 Å². The fraction of sp³-hybridized carbons (Fsp3) is 0.286. The van der Waals surface area contributed by atoms with Crippen molar-refractivity contribution in [2.45, 2.75) is 19.9 Å². The van der Waals surface area contributed by atoms with Crippen LogP contribution in [0.15, 0.2) is 30.6 Å². The van der Waals surface area contributed by atoms with Crippen LogP contribution in [0, 0.1) is 0 Å². The van der Waals surface area contributed by atoms with Crippen molar-refractivity contribution in [3.05, 3.63) is 46.7 Å². The number of ether oxygens (including phenoxy) is 2. The predicted molar refractivity (Wildman–Crippen MR) is 124 cm³/mol. The first kappa shape index (κ1) is 24.5. The van der Waals surface area contributed by atoms with Gasteiger partial charge in [-0.2, -0.15) is 0 Å². The third-order valence-corrected chi connectivity index (χ3v) is 4.83. The second-order valence-corrected chi connectivity index (χ2v) is 6.94. The topological polar surface area (TPSA) is 106 Å². The molecule has 0 bridgehead atoms. The monoisotopic (exact) mass is 466 g/mol. The Morgan fingerprint density at radius 1 is 1.19 bits per heavy atom. The summed E-state index contributed by atoms with van der Waals surface area (Å²) < 4.78 is 10.7. The van der Waals surface area contributed by atoms with Crippen molar-refractivity contribution in [2.75, 3.05) is 31.5 Å². The molecule has 31 heavy (non-hydrogen) atoms. The molecule has 2 aromatic carbocycles. The maximum atomic E-state index is 11.7. The van der Waals surface area contributed by atoms with Crippen LogP contribution >= 0.6 is 24.0 Å². The Bertz CT molecular complexity index is 1080. The number of nitrogens with zero attached hydrogens (tertiary/aromatic N) is 2. The molecule has 1 heterocycles. The molecular weight excluding hydrogens is 443 g/mol. The van der Waals surface area contributed by atoms with E-state index in [1.54, 1.807) is 19.2 Å². The molecule has 10 heteroatoms. The molecule has 166 valence electrons. The maximum Gasteiger partial charge on any atom is 0.221 e. The van der Waals surface area contributed by atoms with E-state index >= 15 is 0 Å². The lowest BCUT2D eigenvalue weighted by Crippen LogP contribution is -2.10. The number of aromatic nitrogens is 2. The van der Waals surface area contributed by atoms with Gasteiger partial charge in [-0.15, -0.1) is 12.4 Å². The molecule has 0 aliphatic heterocycles. The van der Waals surface area contributed by atoms with Gasteiger partial charge in [0.15, 0.2) is 0 Å². The van der Waals surface area contributed by atoms with Crippen molar-refractivity contribution in [1.82, 2.24) is 9.97 Å². The highest BCUT2D eigenvalue weighted by atomic mass is 35.5. The summed E-state index contributed by atoms with van der Waals surface area (Å²) in [6.07, 6.45) is 1.77. The Morgan fingerprint density at radius 3 is 2.58 bits per heavy atom. The smallest absolute Gasteiger partial charge is 0.221 e. The largest absolute Gasteiger partial charge is 0.495 e. The molecule has 0 radical (unpaired) electrons. The first-order chi connectivity index (χ1) is 14.5. The van der Waals surface area contributed by atoms with Gasteiger partial charge in [0.1, 0.15) is 23.6 Å². The van der Waals surface area contributed by atoms with Crippen molar-refractivity contribution in [3.63, 3.8) is 0 Å². The van der Waals surface area contributed by atoms with Crippen molar-refractivity contribution < 1.29 is 19.4 Å². The van der Waals surface area contributed by atoms with Gasteiger partial charge in [0.25, 0.3) is 0 Å². The lowest BCUT2D eigenvalue weighted by Gasteiger charge is -2.17. The van der Waals surface area contributed by atoms with Crippen LogP contribution in [0.25, 0.3) is 10.9 Å². The molecule has 0 aliphatic rings. The third-order valence-electron chi connectivity index (χ3n) is 4.53. The van der Waals surface area contributed by atoms with Crippen molar-refractivity contribution in [1.29, 1.82) is 0 Å². The summed E-state index contributed by atoms with van der Waals surface area (Å²) in [5.74, 6) is 1.43. The minimum Gasteiger partial charge on any atom is -0.495 e. The van der Waals surface area contributed by atoms with Crippen LogP contribution in [0.4, 0.5) is 11.5 Å². The highest BCUT2D eigenvalue weighted by Crippen LogP contribution is 2.37. The second kappa shape index (κ2) is 11.0. The molecule has 0 fully saturated rings. The Labute approximate surface area is 191 Å². The lowest BCUT2D eigenvalue weighted by atomic mass is 10.0. The SMILES string of the molecule is COc1ccc(CNc2ncnc3c(CCO)c(OC)c(NC(C)=O)cc23)cc1Cl.Cl. The summed E-state index contributed by atoms with van der Waals surface area (Å²) >= 11 is 6.21. The number of rotatable bonds is 8. The van der Waals surface area contributed by atoms with Gasteiger partial charge in [0.05, 0.1) is 30.4 Å². The Hall–Kier alpha value is -2.81. The van der Waals surface area contributed by atoms with E-state index < -0.39 is 0 Å².